The molecule has 1 saturated heterocycles. The van der Waals surface area contributed by atoms with Crippen LogP contribution in [0.2, 0.25) is 0 Å². The van der Waals surface area contributed by atoms with E-state index in [9.17, 15) is 13.6 Å². The summed E-state index contributed by atoms with van der Waals surface area (Å²) in [5.41, 5.74) is -1.28. The minimum Gasteiger partial charge on any atom is -0.409 e. The highest BCUT2D eigenvalue weighted by Crippen LogP contribution is 2.39. The van der Waals surface area contributed by atoms with Gasteiger partial charge in [-0.25, -0.2) is 13.6 Å². The maximum absolute atomic E-state index is 15.9. The van der Waals surface area contributed by atoms with Crippen LogP contribution < -0.4 is 15.3 Å². The summed E-state index contributed by atoms with van der Waals surface area (Å²) in [6, 6.07) is 6.71. The number of pyridine rings is 1. The monoisotopic (exact) mass is 502 g/mol. The van der Waals surface area contributed by atoms with Crippen molar-refractivity contribution in [3.63, 3.8) is 0 Å². The molecule has 2 aromatic carbocycles. The van der Waals surface area contributed by atoms with Crippen LogP contribution in [0.3, 0.4) is 0 Å². The lowest BCUT2D eigenvalue weighted by molar-refractivity contribution is -0.375. The Balaban J connectivity index is 1.73. The molecule has 0 amide bonds. The molecular formula is C24H21F3N4O5. The second-order valence-electron chi connectivity index (χ2n) is 8.61. The van der Waals surface area contributed by atoms with Crippen molar-refractivity contribution in [3.8, 4) is 17.0 Å². The van der Waals surface area contributed by atoms with Gasteiger partial charge in [-0.1, -0.05) is 31.2 Å². The molecule has 0 saturated carbocycles. The number of H-pyrrole nitrogens is 1. The van der Waals surface area contributed by atoms with Gasteiger partial charge in [0, 0.05) is 30.2 Å². The first-order valence-electron chi connectivity index (χ1n) is 11.1. The standard InChI is InChI=1S/C24H21F3N4O5/c1-12-10-31(7-8-35-11-12)22-15-9-28-19(18(26)20(15)29-23(32)30-22)14-4-2-3-13-5-6-16(25)21(17(13)14)36-24(27,33)34/h2-6,9,12,33-34H,7-8,10-11H2,1H3,(H,29,30,32). The summed E-state index contributed by atoms with van der Waals surface area (Å²) in [7, 11) is 0. The number of anilines is 1. The van der Waals surface area contributed by atoms with Gasteiger partial charge in [0.25, 0.3) is 0 Å². The first-order chi connectivity index (χ1) is 17.1. The lowest BCUT2D eigenvalue weighted by Gasteiger charge is -2.24. The van der Waals surface area contributed by atoms with E-state index in [-0.39, 0.29) is 44.7 Å². The normalized spacial score (nSPS) is 16.9. The molecule has 9 nitrogen and oxygen atoms in total. The molecule has 3 heterocycles. The van der Waals surface area contributed by atoms with E-state index in [1.54, 1.807) is 0 Å². The second kappa shape index (κ2) is 9.04. The number of hydrogen-bond donors (Lipinski definition) is 3. The zero-order valence-corrected chi connectivity index (χ0v) is 19.0. The Morgan fingerprint density at radius 2 is 2.06 bits per heavy atom. The molecule has 36 heavy (non-hydrogen) atoms. The third-order valence-corrected chi connectivity index (χ3v) is 5.88. The highest BCUT2D eigenvalue weighted by Gasteiger charge is 2.29. The van der Waals surface area contributed by atoms with Crippen molar-refractivity contribution in [2.45, 2.75) is 13.2 Å². The molecule has 1 aliphatic heterocycles. The SMILES string of the molecule is CC1COCCN(c2nc(=O)[nH]c3c(F)c(-c4cccc5ccc(F)c(OC(O)(O)F)c45)ncc23)C1. The average molecular weight is 502 g/mol. The Morgan fingerprint density at radius 3 is 2.83 bits per heavy atom. The van der Waals surface area contributed by atoms with Crippen LogP contribution in [0, 0.1) is 17.6 Å². The number of hydrogen-bond acceptors (Lipinski definition) is 8. The smallest absolute Gasteiger partial charge is 0.409 e. The minimum absolute atomic E-state index is 0.0262. The number of ether oxygens (including phenoxy) is 2. The molecule has 1 fully saturated rings. The van der Waals surface area contributed by atoms with E-state index in [2.05, 4.69) is 19.7 Å². The van der Waals surface area contributed by atoms with E-state index in [0.29, 0.717) is 26.3 Å². The Morgan fingerprint density at radius 1 is 1.25 bits per heavy atom. The van der Waals surface area contributed by atoms with Crippen LogP contribution in [0.1, 0.15) is 6.92 Å². The summed E-state index contributed by atoms with van der Waals surface area (Å²) in [6.45, 7) is 3.90. The summed E-state index contributed by atoms with van der Waals surface area (Å²) in [4.78, 5) is 24.9. The molecule has 4 aromatic rings. The average Bonchev–Trinajstić information content (AvgIpc) is 3.04. The zero-order valence-electron chi connectivity index (χ0n) is 19.0. The molecule has 188 valence electrons. The first-order valence-corrected chi connectivity index (χ1v) is 11.1. The number of rotatable bonds is 4. The lowest BCUT2D eigenvalue weighted by atomic mass is 9.99. The molecule has 0 aliphatic carbocycles. The minimum atomic E-state index is -4.18. The summed E-state index contributed by atoms with van der Waals surface area (Å²) in [5.74, 6) is -2.50. The molecule has 5 rings (SSSR count). The van der Waals surface area contributed by atoms with E-state index >= 15 is 4.39 Å². The predicted molar refractivity (Wildman–Crippen MR) is 124 cm³/mol. The van der Waals surface area contributed by atoms with Gasteiger partial charge in [0.05, 0.1) is 24.1 Å². The fourth-order valence-corrected chi connectivity index (χ4v) is 4.42. The number of nitrogens with zero attached hydrogens (tertiary/aromatic N) is 3. The Hall–Kier alpha value is -3.74. The van der Waals surface area contributed by atoms with Crippen LogP contribution in [0.5, 0.6) is 5.75 Å². The van der Waals surface area contributed by atoms with Crippen molar-refractivity contribution in [2.24, 2.45) is 5.92 Å². The molecule has 1 atom stereocenters. The number of nitrogens with one attached hydrogen (secondary N) is 1. The molecule has 1 unspecified atom stereocenters. The van der Waals surface area contributed by atoms with Crippen molar-refractivity contribution < 1.29 is 32.9 Å². The zero-order chi connectivity index (χ0) is 25.6. The predicted octanol–water partition coefficient (Wildman–Crippen LogP) is 2.83. The van der Waals surface area contributed by atoms with E-state index in [4.69, 9.17) is 14.9 Å². The summed E-state index contributed by atoms with van der Waals surface area (Å²) in [6.07, 6.45) is -2.85. The van der Waals surface area contributed by atoms with Crippen molar-refractivity contribution >= 4 is 27.5 Å². The van der Waals surface area contributed by atoms with Gasteiger partial charge in [-0.15, -0.1) is 4.39 Å². The van der Waals surface area contributed by atoms with Crippen LogP contribution in [0.25, 0.3) is 32.9 Å². The van der Waals surface area contributed by atoms with Gasteiger partial charge in [-0.3, -0.25) is 4.98 Å². The van der Waals surface area contributed by atoms with Gasteiger partial charge < -0.3 is 29.6 Å². The number of aliphatic hydroxyl groups is 2. The lowest BCUT2D eigenvalue weighted by Crippen LogP contribution is -2.32. The van der Waals surface area contributed by atoms with Gasteiger partial charge in [0.15, 0.2) is 17.4 Å². The van der Waals surface area contributed by atoms with Crippen molar-refractivity contribution in [1.29, 1.82) is 0 Å². The highest BCUT2D eigenvalue weighted by atomic mass is 19.2. The number of benzene rings is 2. The number of alkyl halides is 1. The molecule has 2 aromatic heterocycles. The highest BCUT2D eigenvalue weighted by molar-refractivity contribution is 6.02. The van der Waals surface area contributed by atoms with Crippen LogP contribution in [-0.4, -0.2) is 57.7 Å². The van der Waals surface area contributed by atoms with E-state index in [1.807, 2.05) is 11.8 Å². The fraction of sp³-hybridized carbons (Fsp3) is 0.292. The fourth-order valence-electron chi connectivity index (χ4n) is 4.42. The van der Waals surface area contributed by atoms with Gasteiger partial charge in [0.1, 0.15) is 11.5 Å². The molecule has 0 spiro atoms. The maximum atomic E-state index is 15.9. The molecule has 12 heteroatoms. The second-order valence-corrected chi connectivity index (χ2v) is 8.61. The largest absolute Gasteiger partial charge is 0.492 e. The third kappa shape index (κ3) is 4.45. The molecular weight excluding hydrogens is 481 g/mol. The van der Waals surface area contributed by atoms with E-state index in [0.717, 1.165) is 6.07 Å². The van der Waals surface area contributed by atoms with E-state index < -0.39 is 29.3 Å². The van der Waals surface area contributed by atoms with Crippen molar-refractivity contribution in [2.75, 3.05) is 31.2 Å². The first kappa shape index (κ1) is 24.0. The van der Waals surface area contributed by atoms with Gasteiger partial charge in [0.2, 0.25) is 0 Å². The van der Waals surface area contributed by atoms with Crippen LogP contribution in [-0.2, 0) is 4.74 Å². The molecule has 0 radical (unpaired) electrons. The summed E-state index contributed by atoms with van der Waals surface area (Å²) >= 11 is 0. The van der Waals surface area contributed by atoms with Crippen molar-refractivity contribution in [3.05, 3.63) is 58.6 Å². The molecule has 3 N–H and O–H groups in total. The van der Waals surface area contributed by atoms with Crippen LogP contribution in [0.15, 0.2) is 41.3 Å². The number of aromatic nitrogens is 3. The Bertz CT molecular complexity index is 1520. The van der Waals surface area contributed by atoms with E-state index in [1.165, 1.54) is 30.5 Å². The third-order valence-electron chi connectivity index (χ3n) is 5.88. The topological polar surface area (TPSA) is 121 Å². The number of aromatic amines is 1. The summed E-state index contributed by atoms with van der Waals surface area (Å²) < 4.78 is 54.0. The van der Waals surface area contributed by atoms with Crippen LogP contribution in [0.4, 0.5) is 19.0 Å². The van der Waals surface area contributed by atoms with Gasteiger partial charge >= 0.3 is 11.9 Å². The Labute approximate surface area is 201 Å². The maximum Gasteiger partial charge on any atom is 0.492 e. The van der Waals surface area contributed by atoms with Crippen LogP contribution >= 0.6 is 0 Å². The Kier molecular flexibility index (Phi) is 6.02. The quantitative estimate of drug-likeness (QED) is 0.365. The molecule has 1 aliphatic rings. The van der Waals surface area contributed by atoms with Gasteiger partial charge in [-0.05, 0) is 17.4 Å². The number of halogens is 3. The number of fused-ring (bicyclic) bond motifs is 2. The van der Waals surface area contributed by atoms with Crippen molar-refractivity contribution in [1.82, 2.24) is 15.0 Å². The van der Waals surface area contributed by atoms with Gasteiger partial charge in [-0.2, -0.15) is 4.98 Å². The molecule has 0 bridgehead atoms. The summed E-state index contributed by atoms with van der Waals surface area (Å²) in [5, 5.41) is 18.6.